The van der Waals surface area contributed by atoms with Crippen LogP contribution in [0.2, 0.25) is 10.0 Å². The molecular formula is C33H35Cl2N7O5. The first-order chi connectivity index (χ1) is 22.8. The fourth-order valence-corrected chi connectivity index (χ4v) is 6.20. The third kappa shape index (κ3) is 7.33. The molecule has 2 saturated heterocycles. The number of aliphatic hydroxyl groups is 1. The minimum absolute atomic E-state index is 0.0790. The molecule has 0 aliphatic carbocycles. The number of benzene rings is 2. The van der Waals surface area contributed by atoms with Crippen LogP contribution in [0.5, 0.6) is 11.8 Å². The molecule has 1 atom stereocenters. The van der Waals surface area contributed by atoms with Gasteiger partial charge in [0.1, 0.15) is 17.0 Å². The quantitative estimate of drug-likeness (QED) is 0.163. The van der Waals surface area contributed by atoms with Gasteiger partial charge in [0.25, 0.3) is 0 Å². The second kappa shape index (κ2) is 14.5. The van der Waals surface area contributed by atoms with E-state index in [0.717, 1.165) is 6.42 Å². The summed E-state index contributed by atoms with van der Waals surface area (Å²) in [7, 11) is 3.08. The molecule has 14 heteroatoms. The number of carbonyl (C=O) groups excluding carboxylic acids is 1. The number of aromatic nitrogens is 4. The van der Waals surface area contributed by atoms with E-state index in [4.69, 9.17) is 42.4 Å². The van der Waals surface area contributed by atoms with Gasteiger partial charge in [0.2, 0.25) is 17.7 Å². The molecule has 1 amide bonds. The summed E-state index contributed by atoms with van der Waals surface area (Å²) in [5.74, 6) is 0.811. The topological polar surface area (TPSA) is 153 Å². The Bertz CT molecular complexity index is 1770. The summed E-state index contributed by atoms with van der Waals surface area (Å²) < 4.78 is 16.2. The second-order valence-electron chi connectivity index (χ2n) is 11.5. The fourth-order valence-electron chi connectivity index (χ4n) is 5.55. The van der Waals surface area contributed by atoms with Gasteiger partial charge in [0, 0.05) is 60.9 Å². The van der Waals surface area contributed by atoms with Gasteiger partial charge in [-0.1, -0.05) is 59.6 Å². The molecule has 4 aromatic rings. The molecule has 2 aromatic carbocycles. The molecule has 47 heavy (non-hydrogen) atoms. The van der Waals surface area contributed by atoms with Crippen LogP contribution in [0.1, 0.15) is 24.2 Å². The zero-order chi connectivity index (χ0) is 33.0. The van der Waals surface area contributed by atoms with Gasteiger partial charge in [-0.3, -0.25) is 14.8 Å². The molecule has 0 spiro atoms. The van der Waals surface area contributed by atoms with E-state index in [1.807, 2.05) is 36.4 Å². The average molecular weight is 681 g/mol. The number of rotatable bonds is 13. The Hall–Kier alpha value is -3.91. The molecule has 0 bridgehead atoms. The Balaban J connectivity index is 1.22. The number of ether oxygens (including phenoxy) is 3. The Kier molecular flexibility index (Phi) is 10.2. The van der Waals surface area contributed by atoms with Gasteiger partial charge < -0.3 is 35.3 Å². The highest BCUT2D eigenvalue weighted by atomic mass is 35.5. The normalized spacial score (nSPS) is 16.9. The molecular weight excluding hydrogens is 645 g/mol. The van der Waals surface area contributed by atoms with E-state index in [2.05, 4.69) is 30.9 Å². The maximum atomic E-state index is 11.5. The molecule has 0 saturated carbocycles. The van der Waals surface area contributed by atoms with Crippen LogP contribution in [0, 0.1) is 0 Å². The third-order valence-corrected chi connectivity index (χ3v) is 8.92. The largest absolute Gasteiger partial charge is 0.480 e. The highest BCUT2D eigenvalue weighted by Crippen LogP contribution is 2.42. The summed E-state index contributed by atoms with van der Waals surface area (Å²) in [6.45, 7) is 2.41. The smallest absolute Gasteiger partial charge is 0.237 e. The molecule has 4 heterocycles. The lowest BCUT2D eigenvalue weighted by Gasteiger charge is -2.36. The minimum Gasteiger partial charge on any atom is -0.480 e. The Morgan fingerprint density at radius 3 is 1.89 bits per heavy atom. The summed E-state index contributed by atoms with van der Waals surface area (Å²) in [5.41, 5.74) is 4.21. The van der Waals surface area contributed by atoms with Gasteiger partial charge in [0.15, 0.2) is 0 Å². The molecule has 246 valence electrons. The number of carbonyl (C=O) groups is 1. The van der Waals surface area contributed by atoms with E-state index in [-0.39, 0.29) is 11.9 Å². The molecule has 0 unspecified atom stereocenters. The molecule has 2 aliphatic heterocycles. The number of halogens is 2. The van der Waals surface area contributed by atoms with Crippen molar-refractivity contribution in [1.29, 1.82) is 0 Å². The van der Waals surface area contributed by atoms with Crippen molar-refractivity contribution >= 4 is 29.1 Å². The SMILES string of the molecule is COc1nc(-c2cccc(-c3cccc(-c4cnc(CNCC5(O)COC5)c(OC)n4)c3Cl)c2Cl)cnc1CNC[C@@H]1CCC(=O)N1. The van der Waals surface area contributed by atoms with Crippen LogP contribution in [0.25, 0.3) is 33.6 Å². The fraction of sp³-hybridized carbons (Fsp3) is 0.364. The summed E-state index contributed by atoms with van der Waals surface area (Å²) in [4.78, 5) is 30.1. The summed E-state index contributed by atoms with van der Waals surface area (Å²) in [6.07, 6.45) is 4.67. The van der Waals surface area contributed by atoms with Gasteiger partial charge >= 0.3 is 0 Å². The van der Waals surface area contributed by atoms with Crippen molar-refractivity contribution in [2.75, 3.05) is 40.5 Å². The van der Waals surface area contributed by atoms with Gasteiger partial charge in [-0.25, -0.2) is 9.97 Å². The van der Waals surface area contributed by atoms with Crippen LogP contribution in [-0.2, 0) is 22.6 Å². The van der Waals surface area contributed by atoms with Crippen LogP contribution in [0.4, 0.5) is 0 Å². The van der Waals surface area contributed by atoms with Gasteiger partial charge in [-0.2, -0.15) is 0 Å². The summed E-state index contributed by atoms with van der Waals surface area (Å²) in [5, 5.41) is 20.6. The standard InChI is InChI=1S/C33H35Cl2N7O5/c1-45-31-26(12-36-11-19-9-10-28(43)40-19)38-14-24(41-31)22-7-3-5-20(29(22)34)21-6-4-8-23(30(21)35)25-15-39-27(32(42-25)46-2)13-37-16-33(44)17-47-18-33/h3-8,14-15,19,36-37,44H,9-13,16-18H2,1-2H3,(H,40,43)/t19-/m0/s1. The zero-order valence-electron chi connectivity index (χ0n) is 26.0. The van der Waals surface area contributed by atoms with Crippen LogP contribution < -0.4 is 25.4 Å². The molecule has 2 fully saturated rings. The zero-order valence-corrected chi connectivity index (χ0v) is 27.5. The predicted molar refractivity (Wildman–Crippen MR) is 177 cm³/mol. The van der Waals surface area contributed by atoms with Crippen molar-refractivity contribution in [1.82, 2.24) is 35.9 Å². The molecule has 2 aromatic heterocycles. The minimum atomic E-state index is -0.858. The van der Waals surface area contributed by atoms with E-state index >= 15 is 0 Å². The molecule has 4 N–H and O–H groups in total. The first kappa shape index (κ1) is 33.0. The van der Waals surface area contributed by atoms with Gasteiger partial charge in [-0.05, 0) is 6.42 Å². The van der Waals surface area contributed by atoms with Crippen LogP contribution in [-0.4, -0.2) is 83.1 Å². The molecule has 12 nitrogen and oxygen atoms in total. The maximum Gasteiger partial charge on any atom is 0.237 e. The lowest BCUT2D eigenvalue weighted by Crippen LogP contribution is -2.56. The van der Waals surface area contributed by atoms with Gasteiger partial charge in [-0.15, -0.1) is 0 Å². The molecule has 2 aliphatic rings. The van der Waals surface area contributed by atoms with Crippen LogP contribution in [0.15, 0.2) is 48.8 Å². The monoisotopic (exact) mass is 679 g/mol. The van der Waals surface area contributed by atoms with Crippen molar-refractivity contribution in [3.8, 4) is 45.4 Å². The molecule has 6 rings (SSSR count). The third-order valence-electron chi connectivity index (χ3n) is 8.11. The van der Waals surface area contributed by atoms with Crippen molar-refractivity contribution in [2.45, 2.75) is 37.6 Å². The first-order valence-electron chi connectivity index (χ1n) is 15.2. The number of nitrogens with zero attached hydrogens (tertiary/aromatic N) is 4. The van der Waals surface area contributed by atoms with E-state index in [0.29, 0.717) is 113 Å². The highest BCUT2D eigenvalue weighted by molar-refractivity contribution is 6.39. The molecule has 0 radical (unpaired) electrons. The predicted octanol–water partition coefficient (Wildman–Crippen LogP) is 3.81. The van der Waals surface area contributed by atoms with Crippen molar-refractivity contribution in [3.63, 3.8) is 0 Å². The van der Waals surface area contributed by atoms with Crippen molar-refractivity contribution < 1.29 is 24.1 Å². The average Bonchev–Trinajstić information content (AvgIpc) is 3.49. The highest BCUT2D eigenvalue weighted by Gasteiger charge is 2.35. The van der Waals surface area contributed by atoms with Crippen LogP contribution >= 0.6 is 23.2 Å². The van der Waals surface area contributed by atoms with E-state index in [1.54, 1.807) is 19.5 Å². The van der Waals surface area contributed by atoms with Crippen molar-refractivity contribution in [3.05, 3.63) is 70.2 Å². The number of hydrogen-bond donors (Lipinski definition) is 4. The second-order valence-corrected chi connectivity index (χ2v) is 12.3. The number of nitrogens with one attached hydrogen (secondary N) is 3. The van der Waals surface area contributed by atoms with Crippen LogP contribution in [0.3, 0.4) is 0 Å². The lowest BCUT2D eigenvalue weighted by molar-refractivity contribution is -0.174. The summed E-state index contributed by atoms with van der Waals surface area (Å²) in [6, 6.07) is 11.4. The van der Waals surface area contributed by atoms with Gasteiger partial charge in [0.05, 0.1) is 61.3 Å². The maximum absolute atomic E-state index is 11.5. The lowest BCUT2D eigenvalue weighted by atomic mass is 9.98. The number of hydrogen-bond acceptors (Lipinski definition) is 11. The number of amides is 1. The Labute approximate surface area is 282 Å². The van der Waals surface area contributed by atoms with E-state index in [9.17, 15) is 9.90 Å². The first-order valence-corrected chi connectivity index (χ1v) is 15.9. The van der Waals surface area contributed by atoms with E-state index < -0.39 is 5.60 Å². The van der Waals surface area contributed by atoms with E-state index in [1.165, 1.54) is 7.11 Å². The van der Waals surface area contributed by atoms with Crippen molar-refractivity contribution in [2.24, 2.45) is 0 Å². The Morgan fingerprint density at radius 1 is 0.894 bits per heavy atom. The summed E-state index contributed by atoms with van der Waals surface area (Å²) >= 11 is 14.0. The Morgan fingerprint density at radius 2 is 1.43 bits per heavy atom. The number of methoxy groups -OCH3 is 2.